The van der Waals surface area contributed by atoms with Gasteiger partial charge >= 0.3 is 5.97 Å². The van der Waals surface area contributed by atoms with Crippen molar-refractivity contribution in [1.82, 2.24) is 0 Å². The Morgan fingerprint density at radius 1 is 1.50 bits per heavy atom. The highest BCUT2D eigenvalue weighted by atomic mass is 16.5. The van der Waals surface area contributed by atoms with Crippen LogP contribution in [0, 0.1) is 0 Å². The molecule has 0 radical (unpaired) electrons. The molecule has 0 fully saturated rings. The first kappa shape index (κ1) is 8.95. The fraction of sp³-hybridized carbons (Fsp3) is 0.375. The number of methoxy groups -OCH3 is 1. The van der Waals surface area contributed by atoms with Crippen LogP contribution in [0.25, 0.3) is 0 Å². The predicted molar refractivity (Wildman–Crippen MR) is 40.6 cm³/mol. The predicted octanol–water partition coefficient (Wildman–Crippen LogP) is 1.68. The van der Waals surface area contributed by atoms with Crippen LogP contribution < -0.4 is 0 Å². The van der Waals surface area contributed by atoms with Gasteiger partial charge in [-0.2, -0.15) is 0 Å². The Bertz CT molecular complexity index is 166. The van der Waals surface area contributed by atoms with E-state index in [0.29, 0.717) is 0 Å². The first-order valence-corrected chi connectivity index (χ1v) is 3.09. The molecule has 0 aliphatic heterocycles. The van der Waals surface area contributed by atoms with Crippen molar-refractivity contribution < 1.29 is 9.53 Å². The summed E-state index contributed by atoms with van der Waals surface area (Å²) >= 11 is 0. The highest BCUT2D eigenvalue weighted by Gasteiger charge is 1.91. The van der Waals surface area contributed by atoms with E-state index in [9.17, 15) is 4.79 Å². The Balaban J connectivity index is 4.02. The van der Waals surface area contributed by atoms with Crippen LogP contribution in [0.5, 0.6) is 0 Å². The van der Waals surface area contributed by atoms with Crippen LogP contribution in [0.3, 0.4) is 0 Å². The van der Waals surface area contributed by atoms with Crippen LogP contribution in [0.1, 0.15) is 13.8 Å². The van der Waals surface area contributed by atoms with Crippen molar-refractivity contribution in [3.63, 3.8) is 0 Å². The minimum atomic E-state index is -0.310. The topological polar surface area (TPSA) is 26.3 Å². The van der Waals surface area contributed by atoms with Gasteiger partial charge in [0.1, 0.15) is 0 Å². The third-order valence-electron chi connectivity index (χ3n) is 0.976. The lowest BCUT2D eigenvalue weighted by Crippen LogP contribution is -1.94. The van der Waals surface area contributed by atoms with Gasteiger partial charge in [-0.1, -0.05) is 12.2 Å². The van der Waals surface area contributed by atoms with Gasteiger partial charge in [0, 0.05) is 6.08 Å². The largest absolute Gasteiger partial charge is 0.466 e. The van der Waals surface area contributed by atoms with Crippen LogP contribution in [-0.2, 0) is 9.53 Å². The van der Waals surface area contributed by atoms with Crippen molar-refractivity contribution in [3.8, 4) is 0 Å². The third kappa shape index (κ3) is 3.89. The van der Waals surface area contributed by atoms with Crippen molar-refractivity contribution in [2.75, 3.05) is 7.11 Å². The molecule has 0 heterocycles. The minimum absolute atomic E-state index is 0.310. The molecule has 2 nitrogen and oxygen atoms in total. The molecule has 0 aromatic rings. The van der Waals surface area contributed by atoms with Gasteiger partial charge in [-0.15, -0.1) is 0 Å². The van der Waals surface area contributed by atoms with E-state index in [2.05, 4.69) is 4.74 Å². The van der Waals surface area contributed by atoms with Crippen molar-refractivity contribution in [2.24, 2.45) is 0 Å². The summed E-state index contributed by atoms with van der Waals surface area (Å²) in [5.74, 6) is -0.310. The molecule has 56 valence electrons. The van der Waals surface area contributed by atoms with Crippen LogP contribution >= 0.6 is 0 Å². The van der Waals surface area contributed by atoms with E-state index in [-0.39, 0.29) is 5.97 Å². The lowest BCUT2D eigenvalue weighted by atomic mass is 10.2. The molecular weight excluding hydrogens is 128 g/mol. The number of carbonyl (C=O) groups is 1. The molecule has 0 saturated carbocycles. The molecule has 0 rings (SSSR count). The zero-order chi connectivity index (χ0) is 7.98. The van der Waals surface area contributed by atoms with Crippen molar-refractivity contribution >= 4 is 5.97 Å². The maximum Gasteiger partial charge on any atom is 0.330 e. The summed E-state index contributed by atoms with van der Waals surface area (Å²) in [6, 6.07) is 0. The van der Waals surface area contributed by atoms with Gasteiger partial charge < -0.3 is 4.74 Å². The van der Waals surface area contributed by atoms with E-state index in [0.717, 1.165) is 5.57 Å². The lowest BCUT2D eigenvalue weighted by molar-refractivity contribution is -0.134. The molecule has 10 heavy (non-hydrogen) atoms. The van der Waals surface area contributed by atoms with Crippen LogP contribution in [-0.4, -0.2) is 13.1 Å². The molecule has 0 aliphatic carbocycles. The number of rotatable bonds is 2. The normalized spacial score (nSPS) is 12.1. The van der Waals surface area contributed by atoms with Crippen molar-refractivity contribution in [2.45, 2.75) is 13.8 Å². The second kappa shape index (κ2) is 4.79. The molecule has 0 atom stereocenters. The Hall–Kier alpha value is -1.05. The van der Waals surface area contributed by atoms with Crippen molar-refractivity contribution in [3.05, 3.63) is 23.8 Å². The minimum Gasteiger partial charge on any atom is -0.466 e. The molecular formula is C8H12O2. The number of hydrogen-bond donors (Lipinski definition) is 0. The monoisotopic (exact) mass is 140 g/mol. The molecule has 0 amide bonds. The Morgan fingerprint density at radius 3 is 2.50 bits per heavy atom. The fourth-order valence-corrected chi connectivity index (χ4v) is 0.556. The van der Waals surface area contributed by atoms with Gasteiger partial charge in [0.2, 0.25) is 0 Å². The number of esters is 1. The number of allylic oxidation sites excluding steroid dienone is 3. The van der Waals surface area contributed by atoms with Crippen molar-refractivity contribution in [1.29, 1.82) is 0 Å². The fourth-order valence-electron chi connectivity index (χ4n) is 0.556. The van der Waals surface area contributed by atoms with Gasteiger partial charge in [0.15, 0.2) is 0 Å². The van der Waals surface area contributed by atoms with Crippen LogP contribution in [0.2, 0.25) is 0 Å². The number of carbonyl (C=O) groups excluding carboxylic acids is 1. The van der Waals surface area contributed by atoms with E-state index in [1.165, 1.54) is 13.2 Å². The Morgan fingerprint density at radius 2 is 2.10 bits per heavy atom. The van der Waals surface area contributed by atoms with Gasteiger partial charge in [-0.3, -0.25) is 0 Å². The van der Waals surface area contributed by atoms with E-state index in [1.54, 1.807) is 0 Å². The summed E-state index contributed by atoms with van der Waals surface area (Å²) < 4.78 is 4.42. The molecule has 0 aromatic carbocycles. The number of hydrogen-bond acceptors (Lipinski definition) is 2. The first-order valence-electron chi connectivity index (χ1n) is 3.09. The maximum atomic E-state index is 10.6. The maximum absolute atomic E-state index is 10.6. The van der Waals surface area contributed by atoms with Crippen LogP contribution in [0.4, 0.5) is 0 Å². The molecule has 0 unspecified atom stereocenters. The third-order valence-corrected chi connectivity index (χ3v) is 0.976. The molecule has 0 bridgehead atoms. The van der Waals surface area contributed by atoms with Gasteiger partial charge in [-0.25, -0.2) is 4.79 Å². The summed E-state index contributed by atoms with van der Waals surface area (Å²) in [4.78, 5) is 10.6. The van der Waals surface area contributed by atoms with E-state index in [1.807, 2.05) is 26.0 Å². The van der Waals surface area contributed by atoms with Crippen LogP contribution in [0.15, 0.2) is 23.8 Å². The molecule has 0 aliphatic rings. The second-order valence-electron chi connectivity index (χ2n) is 1.91. The second-order valence-corrected chi connectivity index (χ2v) is 1.91. The summed E-state index contributed by atoms with van der Waals surface area (Å²) in [6.45, 7) is 3.74. The highest BCUT2D eigenvalue weighted by Crippen LogP contribution is 1.94. The standard InChI is InChI=1S/C8H12O2/c1-4-5-7(2)6-8(9)10-3/h4-6H,1-3H3/b5-4-,7-6+. The summed E-state index contributed by atoms with van der Waals surface area (Å²) in [5.41, 5.74) is 0.898. The van der Waals surface area contributed by atoms with E-state index >= 15 is 0 Å². The molecule has 0 N–H and O–H groups in total. The average Bonchev–Trinajstić information content (AvgIpc) is 1.88. The average molecular weight is 140 g/mol. The van der Waals surface area contributed by atoms with E-state index in [4.69, 9.17) is 0 Å². The Labute approximate surface area is 61.2 Å². The highest BCUT2D eigenvalue weighted by molar-refractivity contribution is 5.83. The lowest BCUT2D eigenvalue weighted by Gasteiger charge is -1.91. The molecule has 2 heteroatoms. The zero-order valence-corrected chi connectivity index (χ0v) is 6.55. The first-order chi connectivity index (χ1) is 4.70. The smallest absolute Gasteiger partial charge is 0.330 e. The molecule has 0 saturated heterocycles. The molecule has 0 aromatic heterocycles. The number of ether oxygens (including phenoxy) is 1. The SMILES string of the molecule is C/C=C\C(C)=C\C(=O)OC. The quantitative estimate of drug-likeness (QED) is 0.331. The summed E-state index contributed by atoms with van der Waals surface area (Å²) in [6.07, 6.45) is 5.16. The van der Waals surface area contributed by atoms with Gasteiger partial charge in [-0.05, 0) is 19.4 Å². The van der Waals surface area contributed by atoms with Gasteiger partial charge in [0.25, 0.3) is 0 Å². The summed E-state index contributed by atoms with van der Waals surface area (Å²) in [5, 5.41) is 0. The van der Waals surface area contributed by atoms with E-state index < -0.39 is 0 Å². The Kier molecular flexibility index (Phi) is 4.29. The molecule has 0 spiro atoms. The van der Waals surface area contributed by atoms with Gasteiger partial charge in [0.05, 0.1) is 7.11 Å². The zero-order valence-electron chi connectivity index (χ0n) is 6.55. The summed E-state index contributed by atoms with van der Waals surface area (Å²) in [7, 11) is 1.36.